The van der Waals surface area contributed by atoms with Gasteiger partial charge in [-0.25, -0.2) is 0 Å². The Labute approximate surface area is 176 Å². The number of carbonyl (C=O) groups excluding carboxylic acids is 1. The molecule has 3 saturated heterocycles. The highest BCUT2D eigenvalue weighted by Gasteiger charge is 2.34. The van der Waals surface area contributed by atoms with Crippen molar-refractivity contribution in [2.24, 2.45) is 11.8 Å². The molecule has 1 amide bonds. The molecule has 0 aromatic carbocycles. The fraction of sp³-hybridized carbons (Fsp3) is 0.750. The zero-order valence-corrected chi connectivity index (χ0v) is 18.1. The van der Waals surface area contributed by atoms with Crippen LogP contribution >= 0.6 is 0 Å². The van der Waals surface area contributed by atoms with Gasteiger partial charge >= 0.3 is 0 Å². The number of hydrogen-bond donors (Lipinski definition) is 0. The minimum atomic E-state index is 0.232. The van der Waals surface area contributed by atoms with Crippen LogP contribution in [0, 0.1) is 11.8 Å². The lowest BCUT2D eigenvalue weighted by atomic mass is 9.90. The standard InChI is InChI=1S/C24H38N4O/c1-2-20-7-15-27(16-8-20)24(29)22-6-4-12-28(19-22)23-9-13-26(14-10-23)18-21-5-3-11-25-17-21/h3,5,11,17,20,22-23H,2,4,6-10,12-16,18-19H2,1H3/t22-/m0/s1. The first-order valence-electron chi connectivity index (χ1n) is 11.9. The van der Waals surface area contributed by atoms with Gasteiger partial charge in [0.2, 0.25) is 5.91 Å². The molecule has 3 aliphatic rings. The highest BCUT2D eigenvalue weighted by molar-refractivity contribution is 5.79. The van der Waals surface area contributed by atoms with Gasteiger partial charge in [-0.15, -0.1) is 0 Å². The number of rotatable bonds is 5. The summed E-state index contributed by atoms with van der Waals surface area (Å²) in [5.41, 5.74) is 1.31. The van der Waals surface area contributed by atoms with Crippen molar-refractivity contribution in [1.82, 2.24) is 19.7 Å². The van der Waals surface area contributed by atoms with Gasteiger partial charge in [0, 0.05) is 44.6 Å². The first kappa shape index (κ1) is 20.8. The molecule has 0 N–H and O–H groups in total. The largest absolute Gasteiger partial charge is 0.342 e. The first-order chi connectivity index (χ1) is 14.2. The molecule has 5 nitrogen and oxygen atoms in total. The van der Waals surface area contributed by atoms with E-state index < -0.39 is 0 Å². The summed E-state index contributed by atoms with van der Waals surface area (Å²) in [5.74, 6) is 1.51. The highest BCUT2D eigenvalue weighted by Crippen LogP contribution is 2.27. The Morgan fingerprint density at radius 3 is 2.55 bits per heavy atom. The van der Waals surface area contributed by atoms with E-state index >= 15 is 0 Å². The van der Waals surface area contributed by atoms with Gasteiger partial charge in [-0.2, -0.15) is 0 Å². The van der Waals surface area contributed by atoms with Gasteiger partial charge in [-0.1, -0.05) is 19.4 Å². The fourth-order valence-electron chi connectivity index (χ4n) is 5.55. The van der Waals surface area contributed by atoms with Crippen LogP contribution in [0.1, 0.15) is 57.4 Å². The molecular formula is C24H38N4O. The molecule has 1 aromatic heterocycles. The molecule has 160 valence electrons. The number of likely N-dealkylation sites (tertiary alicyclic amines) is 3. The lowest BCUT2D eigenvalue weighted by molar-refractivity contribution is -0.139. The van der Waals surface area contributed by atoms with E-state index in [2.05, 4.69) is 32.7 Å². The Morgan fingerprint density at radius 2 is 1.86 bits per heavy atom. The second kappa shape index (κ2) is 10.0. The van der Waals surface area contributed by atoms with E-state index in [1.165, 1.54) is 50.6 Å². The predicted octanol–water partition coefficient (Wildman–Crippen LogP) is 3.41. The van der Waals surface area contributed by atoms with E-state index in [1.807, 2.05) is 18.5 Å². The third-order valence-electron chi connectivity index (χ3n) is 7.51. The maximum Gasteiger partial charge on any atom is 0.226 e. The Balaban J connectivity index is 1.24. The quantitative estimate of drug-likeness (QED) is 0.762. The number of hydrogen-bond acceptors (Lipinski definition) is 4. The molecule has 0 aliphatic carbocycles. The van der Waals surface area contributed by atoms with Gasteiger partial charge in [0.25, 0.3) is 0 Å². The lowest BCUT2D eigenvalue weighted by Crippen LogP contribution is -2.52. The summed E-state index contributed by atoms with van der Waals surface area (Å²) >= 11 is 0. The number of carbonyl (C=O) groups is 1. The van der Waals surface area contributed by atoms with E-state index in [4.69, 9.17) is 0 Å². The second-order valence-electron chi connectivity index (χ2n) is 9.38. The van der Waals surface area contributed by atoms with Crippen molar-refractivity contribution in [3.05, 3.63) is 30.1 Å². The average molecular weight is 399 g/mol. The van der Waals surface area contributed by atoms with Crippen molar-refractivity contribution in [2.75, 3.05) is 39.3 Å². The molecule has 29 heavy (non-hydrogen) atoms. The van der Waals surface area contributed by atoms with Gasteiger partial charge in [-0.3, -0.25) is 19.6 Å². The van der Waals surface area contributed by atoms with Crippen LogP contribution in [0.15, 0.2) is 24.5 Å². The highest BCUT2D eigenvalue weighted by atomic mass is 16.2. The van der Waals surface area contributed by atoms with Crippen molar-refractivity contribution in [3.63, 3.8) is 0 Å². The fourth-order valence-corrected chi connectivity index (χ4v) is 5.55. The molecule has 3 fully saturated rings. The maximum absolute atomic E-state index is 13.1. The summed E-state index contributed by atoms with van der Waals surface area (Å²) in [7, 11) is 0. The Kier molecular flexibility index (Phi) is 7.20. The lowest BCUT2D eigenvalue weighted by Gasteiger charge is -2.43. The summed E-state index contributed by atoms with van der Waals surface area (Å²) < 4.78 is 0. The van der Waals surface area contributed by atoms with Gasteiger partial charge in [0.15, 0.2) is 0 Å². The molecule has 1 aromatic rings. The summed E-state index contributed by atoms with van der Waals surface area (Å²) in [6.07, 6.45) is 12.2. The molecule has 0 bridgehead atoms. The topological polar surface area (TPSA) is 39.7 Å². The average Bonchev–Trinajstić information content (AvgIpc) is 2.80. The zero-order valence-electron chi connectivity index (χ0n) is 18.1. The molecule has 4 rings (SSSR count). The number of piperidine rings is 3. The van der Waals surface area contributed by atoms with Crippen molar-refractivity contribution in [1.29, 1.82) is 0 Å². The number of amides is 1. The summed E-state index contributed by atoms with van der Waals surface area (Å²) in [5, 5.41) is 0. The first-order valence-corrected chi connectivity index (χ1v) is 11.9. The molecule has 0 spiro atoms. The number of nitrogens with zero attached hydrogens (tertiary/aromatic N) is 4. The van der Waals surface area contributed by atoms with Crippen LogP contribution in [0.4, 0.5) is 0 Å². The van der Waals surface area contributed by atoms with E-state index in [1.54, 1.807) is 0 Å². The van der Waals surface area contributed by atoms with Gasteiger partial charge < -0.3 is 4.90 Å². The van der Waals surface area contributed by atoms with Gasteiger partial charge in [-0.05, 0) is 75.7 Å². The summed E-state index contributed by atoms with van der Waals surface area (Å²) in [4.78, 5) is 24.7. The molecule has 1 atom stereocenters. The Hall–Kier alpha value is -1.46. The predicted molar refractivity (Wildman–Crippen MR) is 116 cm³/mol. The smallest absolute Gasteiger partial charge is 0.226 e. The van der Waals surface area contributed by atoms with E-state index in [9.17, 15) is 4.79 Å². The van der Waals surface area contributed by atoms with Crippen LogP contribution in [0.5, 0.6) is 0 Å². The van der Waals surface area contributed by atoms with Crippen molar-refractivity contribution < 1.29 is 4.79 Å². The van der Waals surface area contributed by atoms with Crippen LogP contribution in [0.3, 0.4) is 0 Å². The maximum atomic E-state index is 13.1. The molecule has 5 heteroatoms. The normalized spacial score (nSPS) is 26.0. The van der Waals surface area contributed by atoms with Gasteiger partial charge in [0.05, 0.1) is 5.92 Å². The summed E-state index contributed by atoms with van der Waals surface area (Å²) in [6.45, 7) is 9.73. The van der Waals surface area contributed by atoms with Gasteiger partial charge in [0.1, 0.15) is 0 Å². The molecule has 3 aliphatic heterocycles. The van der Waals surface area contributed by atoms with E-state index in [0.29, 0.717) is 11.9 Å². The van der Waals surface area contributed by atoms with Crippen molar-refractivity contribution in [2.45, 2.75) is 64.5 Å². The van der Waals surface area contributed by atoms with Crippen LogP contribution < -0.4 is 0 Å². The molecule has 0 unspecified atom stereocenters. The van der Waals surface area contributed by atoms with Crippen molar-refractivity contribution >= 4 is 5.91 Å². The van der Waals surface area contributed by atoms with Crippen molar-refractivity contribution in [3.8, 4) is 0 Å². The Morgan fingerprint density at radius 1 is 1.07 bits per heavy atom. The van der Waals surface area contributed by atoms with E-state index in [-0.39, 0.29) is 5.92 Å². The van der Waals surface area contributed by atoms with Crippen LogP contribution in [-0.2, 0) is 11.3 Å². The molecular weight excluding hydrogens is 360 g/mol. The summed E-state index contributed by atoms with van der Waals surface area (Å²) in [6, 6.07) is 4.85. The number of pyridine rings is 1. The minimum absolute atomic E-state index is 0.232. The molecule has 0 saturated carbocycles. The Bertz CT molecular complexity index is 636. The second-order valence-corrected chi connectivity index (χ2v) is 9.38. The van der Waals surface area contributed by atoms with Crippen LogP contribution in [0.25, 0.3) is 0 Å². The third-order valence-corrected chi connectivity index (χ3v) is 7.51. The molecule has 0 radical (unpaired) electrons. The third kappa shape index (κ3) is 5.37. The number of aromatic nitrogens is 1. The molecule has 4 heterocycles. The SMILES string of the molecule is CCC1CCN(C(=O)[C@H]2CCCN(C3CCN(Cc4cccnc4)CC3)C2)CC1. The minimum Gasteiger partial charge on any atom is -0.342 e. The van der Waals surface area contributed by atoms with E-state index in [0.717, 1.165) is 51.6 Å². The monoisotopic (exact) mass is 398 g/mol. The van der Waals surface area contributed by atoms with Crippen LogP contribution in [-0.4, -0.2) is 70.9 Å². The van der Waals surface area contributed by atoms with Crippen LogP contribution in [0.2, 0.25) is 0 Å². The zero-order chi connectivity index (χ0) is 20.1.